The van der Waals surface area contributed by atoms with Gasteiger partial charge in [0.1, 0.15) is 0 Å². The zero-order chi connectivity index (χ0) is 15.6. The maximum absolute atomic E-state index is 6.43. The molecule has 0 unspecified atom stereocenters. The molecule has 0 atom stereocenters. The van der Waals surface area contributed by atoms with Crippen LogP contribution in [0.2, 0.25) is 20.1 Å². The second-order valence-corrected chi connectivity index (χ2v) is 6.90. The highest BCUT2D eigenvalue weighted by atomic mass is 35.5. The summed E-state index contributed by atoms with van der Waals surface area (Å²) in [6, 6.07) is 11.1. The summed E-state index contributed by atoms with van der Waals surface area (Å²) < 4.78 is 0. The maximum atomic E-state index is 6.43. The molecule has 0 nitrogen and oxygen atoms in total. The summed E-state index contributed by atoms with van der Waals surface area (Å²) >= 11 is 25.7. The molecule has 0 amide bonds. The van der Waals surface area contributed by atoms with E-state index in [1.807, 2.05) is 36.4 Å². The van der Waals surface area contributed by atoms with E-state index in [1.165, 1.54) is 0 Å². The fraction of sp³-hybridized carbons (Fsp3) is 0.294. The summed E-state index contributed by atoms with van der Waals surface area (Å²) in [6.07, 6.45) is 1.81. The van der Waals surface area contributed by atoms with Gasteiger partial charge < -0.3 is 0 Å². The largest absolute Gasteiger partial charge is 0.0840 e. The lowest BCUT2D eigenvalue weighted by Crippen LogP contribution is -2.25. The van der Waals surface area contributed by atoms with E-state index in [2.05, 4.69) is 13.8 Å². The molecule has 0 aliphatic heterocycles. The van der Waals surface area contributed by atoms with Gasteiger partial charge in [-0.3, -0.25) is 0 Å². The van der Waals surface area contributed by atoms with Gasteiger partial charge in [-0.05, 0) is 41.8 Å². The average molecular weight is 362 g/mol. The van der Waals surface area contributed by atoms with Crippen molar-refractivity contribution in [3.8, 4) is 0 Å². The predicted octanol–water partition coefficient (Wildman–Crippen LogP) is 7.41. The molecule has 0 bridgehead atoms. The Morgan fingerprint density at radius 1 is 0.762 bits per heavy atom. The first kappa shape index (κ1) is 17.0. The van der Waals surface area contributed by atoms with Crippen LogP contribution in [0, 0.1) is 0 Å². The molecule has 0 saturated carbocycles. The lowest BCUT2D eigenvalue weighted by molar-refractivity contribution is 0.512. The van der Waals surface area contributed by atoms with E-state index in [0.29, 0.717) is 20.1 Å². The van der Waals surface area contributed by atoms with Crippen LogP contribution in [0.25, 0.3) is 0 Å². The zero-order valence-corrected chi connectivity index (χ0v) is 14.9. The molecule has 0 aliphatic carbocycles. The lowest BCUT2D eigenvalue weighted by Gasteiger charge is -2.34. The Kier molecular flexibility index (Phi) is 5.48. The van der Waals surface area contributed by atoms with Crippen molar-refractivity contribution in [3.05, 3.63) is 67.6 Å². The highest BCUT2D eigenvalue weighted by Crippen LogP contribution is 2.48. The van der Waals surface area contributed by atoms with Gasteiger partial charge in [-0.15, -0.1) is 0 Å². The fourth-order valence-electron chi connectivity index (χ4n) is 2.92. The molecule has 2 rings (SSSR count). The minimum absolute atomic E-state index is 0.431. The standard InChI is InChI=1S/C17H16Cl4/c1-3-10-17(2,15-11(18)6-4-7-12(15)19)16-13(20)8-5-9-14(16)21/h4-9H,3,10H2,1-2H3. The SMILES string of the molecule is CCCC(C)(c1c(Cl)cccc1Cl)c1c(Cl)cccc1Cl. The van der Waals surface area contributed by atoms with Crippen LogP contribution >= 0.6 is 46.4 Å². The summed E-state index contributed by atoms with van der Waals surface area (Å²) in [5.74, 6) is 0. The molecule has 2 aromatic carbocycles. The smallest absolute Gasteiger partial charge is 0.0461 e. The van der Waals surface area contributed by atoms with Crippen LogP contribution in [0.1, 0.15) is 37.8 Å². The summed E-state index contributed by atoms with van der Waals surface area (Å²) in [6.45, 7) is 4.21. The van der Waals surface area contributed by atoms with E-state index < -0.39 is 5.41 Å². The lowest BCUT2D eigenvalue weighted by atomic mass is 9.73. The Morgan fingerprint density at radius 3 is 1.38 bits per heavy atom. The van der Waals surface area contributed by atoms with Gasteiger partial charge in [0.2, 0.25) is 0 Å². The van der Waals surface area contributed by atoms with Crippen LogP contribution in [-0.2, 0) is 5.41 Å². The van der Waals surface area contributed by atoms with Crippen molar-refractivity contribution >= 4 is 46.4 Å². The van der Waals surface area contributed by atoms with Gasteiger partial charge in [0.05, 0.1) is 0 Å². The Balaban J connectivity index is 2.78. The summed E-state index contributed by atoms with van der Waals surface area (Å²) in [5.41, 5.74) is 1.33. The van der Waals surface area contributed by atoms with E-state index in [-0.39, 0.29) is 0 Å². The van der Waals surface area contributed by atoms with Crippen LogP contribution in [0.4, 0.5) is 0 Å². The molecule has 4 heteroatoms. The van der Waals surface area contributed by atoms with Gasteiger partial charge in [0.25, 0.3) is 0 Å². The van der Waals surface area contributed by atoms with Crippen molar-refractivity contribution < 1.29 is 0 Å². The average Bonchev–Trinajstić information content (AvgIpc) is 2.38. The van der Waals surface area contributed by atoms with Gasteiger partial charge in [0.15, 0.2) is 0 Å². The Labute approximate surface area is 146 Å². The van der Waals surface area contributed by atoms with Gasteiger partial charge in [-0.2, -0.15) is 0 Å². The molecule has 21 heavy (non-hydrogen) atoms. The first-order chi connectivity index (χ1) is 9.91. The molecule has 2 aromatic rings. The van der Waals surface area contributed by atoms with Crippen molar-refractivity contribution in [1.29, 1.82) is 0 Å². The van der Waals surface area contributed by atoms with Crippen molar-refractivity contribution in [3.63, 3.8) is 0 Å². The van der Waals surface area contributed by atoms with Crippen molar-refractivity contribution in [2.24, 2.45) is 0 Å². The number of halogens is 4. The highest BCUT2D eigenvalue weighted by molar-refractivity contribution is 6.38. The molecule has 0 fully saturated rings. The van der Waals surface area contributed by atoms with Gasteiger partial charge >= 0.3 is 0 Å². The second kappa shape index (κ2) is 6.79. The number of rotatable bonds is 4. The third kappa shape index (κ3) is 3.19. The van der Waals surface area contributed by atoms with Gasteiger partial charge in [-0.1, -0.05) is 78.8 Å². The quantitative estimate of drug-likeness (QED) is 0.531. The van der Waals surface area contributed by atoms with Crippen molar-refractivity contribution in [2.75, 3.05) is 0 Å². The first-order valence-corrected chi connectivity index (χ1v) is 8.32. The monoisotopic (exact) mass is 360 g/mol. The Hall–Kier alpha value is -0.400. The number of hydrogen-bond donors (Lipinski definition) is 0. The summed E-state index contributed by atoms with van der Waals surface area (Å²) in [5, 5.41) is 2.53. The second-order valence-electron chi connectivity index (χ2n) is 5.28. The molecule has 0 heterocycles. The minimum atomic E-state index is -0.431. The van der Waals surface area contributed by atoms with E-state index in [4.69, 9.17) is 46.4 Å². The zero-order valence-electron chi connectivity index (χ0n) is 11.9. The molecule has 0 aliphatic rings. The molecule has 0 saturated heterocycles. The molecular formula is C17H16Cl4. The van der Waals surface area contributed by atoms with Crippen molar-refractivity contribution in [1.82, 2.24) is 0 Å². The van der Waals surface area contributed by atoms with Gasteiger partial charge in [0, 0.05) is 25.5 Å². The van der Waals surface area contributed by atoms with Crippen LogP contribution in [0.5, 0.6) is 0 Å². The van der Waals surface area contributed by atoms with Crippen LogP contribution in [0.3, 0.4) is 0 Å². The molecule has 0 radical (unpaired) electrons. The predicted molar refractivity (Wildman–Crippen MR) is 94.3 cm³/mol. The highest BCUT2D eigenvalue weighted by Gasteiger charge is 2.35. The summed E-state index contributed by atoms with van der Waals surface area (Å²) in [7, 11) is 0. The number of benzene rings is 2. The first-order valence-electron chi connectivity index (χ1n) is 6.80. The van der Waals surface area contributed by atoms with Crippen LogP contribution in [-0.4, -0.2) is 0 Å². The minimum Gasteiger partial charge on any atom is -0.0840 e. The summed E-state index contributed by atoms with van der Waals surface area (Å²) in [4.78, 5) is 0. The normalized spacial score (nSPS) is 11.7. The molecule has 0 aromatic heterocycles. The van der Waals surface area contributed by atoms with E-state index in [9.17, 15) is 0 Å². The Morgan fingerprint density at radius 2 is 1.10 bits per heavy atom. The molecular weight excluding hydrogens is 346 g/mol. The topological polar surface area (TPSA) is 0 Å². The van der Waals surface area contributed by atoms with E-state index in [1.54, 1.807) is 0 Å². The van der Waals surface area contributed by atoms with Gasteiger partial charge in [-0.25, -0.2) is 0 Å². The third-order valence-electron chi connectivity index (χ3n) is 3.78. The van der Waals surface area contributed by atoms with E-state index >= 15 is 0 Å². The maximum Gasteiger partial charge on any atom is 0.0461 e. The van der Waals surface area contributed by atoms with Crippen molar-refractivity contribution in [2.45, 2.75) is 32.1 Å². The van der Waals surface area contributed by atoms with E-state index in [0.717, 1.165) is 24.0 Å². The number of hydrogen-bond acceptors (Lipinski definition) is 0. The van der Waals surface area contributed by atoms with Crippen LogP contribution < -0.4 is 0 Å². The Bertz CT molecular complexity index is 557. The third-order valence-corrected chi connectivity index (χ3v) is 5.04. The molecule has 0 spiro atoms. The fourth-order valence-corrected chi connectivity index (χ4v) is 4.55. The van der Waals surface area contributed by atoms with Crippen LogP contribution in [0.15, 0.2) is 36.4 Å². The molecule has 0 N–H and O–H groups in total. The molecule has 112 valence electrons.